The first-order valence-electron chi connectivity index (χ1n) is 7.52. The lowest BCUT2D eigenvalue weighted by Crippen LogP contribution is -2.21. The molecule has 1 aliphatic rings. The van der Waals surface area contributed by atoms with Crippen LogP contribution in [0.25, 0.3) is 11.3 Å². The number of sulfonamides is 1. The molecule has 0 unspecified atom stereocenters. The Balaban J connectivity index is 1.74. The van der Waals surface area contributed by atoms with Crippen molar-refractivity contribution in [1.82, 2.24) is 0 Å². The molecule has 0 saturated heterocycles. The van der Waals surface area contributed by atoms with E-state index in [0.717, 1.165) is 11.1 Å². The number of halogens is 1. The quantitative estimate of drug-likeness (QED) is 0.720. The third-order valence-electron chi connectivity index (χ3n) is 3.93. The smallest absolute Gasteiger partial charge is 0.286 e. The molecule has 0 bridgehead atoms. The Kier molecular flexibility index (Phi) is 3.67. The van der Waals surface area contributed by atoms with E-state index >= 15 is 0 Å². The van der Waals surface area contributed by atoms with E-state index in [1.165, 1.54) is 6.07 Å². The predicted molar refractivity (Wildman–Crippen MR) is 97.7 cm³/mol. The monoisotopic (exact) mass is 372 g/mol. The van der Waals surface area contributed by atoms with Gasteiger partial charge in [-0.25, -0.2) is 0 Å². The minimum Gasteiger partial charge on any atom is -0.453 e. The Morgan fingerprint density at radius 3 is 2.60 bits per heavy atom. The highest BCUT2D eigenvalue weighted by molar-refractivity contribution is 7.90. The van der Waals surface area contributed by atoms with Gasteiger partial charge in [0.1, 0.15) is 10.7 Å². The largest absolute Gasteiger partial charge is 0.453 e. The number of benzene rings is 2. The molecular formula is C18H13ClN2O3S. The summed E-state index contributed by atoms with van der Waals surface area (Å²) in [5, 5.41) is 3.64. The third kappa shape index (κ3) is 2.83. The molecule has 1 aliphatic heterocycles. The second-order valence-electron chi connectivity index (χ2n) is 5.66. The molecule has 0 atom stereocenters. The fraction of sp³-hybridized carbons (Fsp3) is 0.0556. The van der Waals surface area contributed by atoms with E-state index in [4.69, 9.17) is 16.0 Å². The van der Waals surface area contributed by atoms with Crippen molar-refractivity contribution >= 4 is 33.1 Å². The summed E-state index contributed by atoms with van der Waals surface area (Å²) in [6.45, 7) is 1.92. The number of hydrogen-bond acceptors (Lipinski definition) is 4. The molecule has 126 valence electrons. The number of amidine groups is 1. The van der Waals surface area contributed by atoms with E-state index in [-0.39, 0.29) is 10.7 Å². The van der Waals surface area contributed by atoms with Crippen LogP contribution in [-0.2, 0) is 10.0 Å². The van der Waals surface area contributed by atoms with Crippen LogP contribution < -0.4 is 5.32 Å². The maximum absolute atomic E-state index is 12.3. The molecule has 5 nitrogen and oxygen atoms in total. The van der Waals surface area contributed by atoms with Crippen molar-refractivity contribution < 1.29 is 12.8 Å². The number of furan rings is 1. The van der Waals surface area contributed by atoms with Crippen LogP contribution in [0.15, 0.2) is 68.3 Å². The van der Waals surface area contributed by atoms with E-state index in [1.54, 1.807) is 30.3 Å². The molecule has 1 N–H and O–H groups in total. The van der Waals surface area contributed by atoms with Gasteiger partial charge in [0.25, 0.3) is 10.0 Å². The predicted octanol–water partition coefficient (Wildman–Crippen LogP) is 4.47. The summed E-state index contributed by atoms with van der Waals surface area (Å²) >= 11 is 6.16. The Hall–Kier alpha value is -2.57. The van der Waals surface area contributed by atoms with Gasteiger partial charge in [-0.2, -0.15) is 8.42 Å². The molecule has 0 fully saturated rings. The van der Waals surface area contributed by atoms with Gasteiger partial charge in [-0.05, 0) is 42.8 Å². The second-order valence-corrected chi connectivity index (χ2v) is 7.64. The number of nitrogens with one attached hydrogen (secondary N) is 1. The fourth-order valence-corrected chi connectivity index (χ4v) is 3.89. The Bertz CT molecular complexity index is 1120. The highest BCUT2D eigenvalue weighted by Gasteiger charge is 2.26. The minimum atomic E-state index is -3.76. The molecule has 7 heteroatoms. The van der Waals surface area contributed by atoms with Crippen LogP contribution in [0.5, 0.6) is 0 Å². The van der Waals surface area contributed by atoms with Crippen LogP contribution in [0.4, 0.5) is 5.69 Å². The van der Waals surface area contributed by atoms with Crippen LogP contribution in [-0.4, -0.2) is 14.3 Å². The zero-order valence-electron chi connectivity index (χ0n) is 13.2. The number of nitrogens with zero attached hydrogens (tertiary/aromatic N) is 1. The van der Waals surface area contributed by atoms with Crippen molar-refractivity contribution in [3.8, 4) is 11.3 Å². The summed E-state index contributed by atoms with van der Waals surface area (Å²) in [5.74, 6) is 1.07. The normalized spacial score (nSPS) is 15.2. The summed E-state index contributed by atoms with van der Waals surface area (Å²) in [6.07, 6.45) is 0. The Morgan fingerprint density at radius 2 is 1.80 bits per heavy atom. The lowest BCUT2D eigenvalue weighted by atomic mass is 10.1. The van der Waals surface area contributed by atoms with Crippen molar-refractivity contribution in [2.24, 2.45) is 4.40 Å². The summed E-state index contributed by atoms with van der Waals surface area (Å²) in [4.78, 5) is 0.149. The highest BCUT2D eigenvalue weighted by atomic mass is 35.5. The van der Waals surface area contributed by atoms with E-state index in [2.05, 4.69) is 9.71 Å². The van der Waals surface area contributed by atoms with Crippen LogP contribution in [0.3, 0.4) is 0 Å². The molecule has 0 radical (unpaired) electrons. The second kappa shape index (κ2) is 5.75. The van der Waals surface area contributed by atoms with Gasteiger partial charge in [-0.1, -0.05) is 35.9 Å². The Morgan fingerprint density at radius 1 is 1.04 bits per heavy atom. The number of fused-ring (bicyclic) bond motifs is 1. The standard InChI is InChI=1S/C18H13ClN2O3S/c1-11-6-7-12(10-13(11)19)15-8-9-16(24-15)18-20-14-4-2-3-5-17(14)25(22,23)21-18/h2-10H,1H3,(H,20,21). The molecule has 0 spiro atoms. The zero-order valence-corrected chi connectivity index (χ0v) is 14.7. The first kappa shape index (κ1) is 15.9. The molecular weight excluding hydrogens is 360 g/mol. The maximum Gasteiger partial charge on any atom is 0.286 e. The van der Waals surface area contributed by atoms with Gasteiger partial charge in [0.05, 0.1) is 5.69 Å². The fourth-order valence-electron chi connectivity index (χ4n) is 2.59. The lowest BCUT2D eigenvalue weighted by molar-refractivity contribution is 0.570. The summed E-state index contributed by atoms with van der Waals surface area (Å²) in [5.41, 5.74) is 2.25. The number of para-hydroxylation sites is 1. The summed E-state index contributed by atoms with van der Waals surface area (Å²) in [7, 11) is -3.76. The van der Waals surface area contributed by atoms with Crippen LogP contribution in [0.2, 0.25) is 5.02 Å². The van der Waals surface area contributed by atoms with Crippen molar-refractivity contribution in [2.45, 2.75) is 11.8 Å². The van der Waals surface area contributed by atoms with Crippen molar-refractivity contribution in [3.63, 3.8) is 0 Å². The van der Waals surface area contributed by atoms with Crippen LogP contribution in [0.1, 0.15) is 11.3 Å². The number of hydrogen-bond donors (Lipinski definition) is 1. The molecule has 4 rings (SSSR count). The van der Waals surface area contributed by atoms with Gasteiger partial charge in [0, 0.05) is 10.6 Å². The van der Waals surface area contributed by atoms with Gasteiger partial charge in [-0.3, -0.25) is 0 Å². The molecule has 3 aromatic rings. The average Bonchev–Trinajstić information content (AvgIpc) is 3.07. The third-order valence-corrected chi connectivity index (χ3v) is 5.67. The molecule has 2 aromatic carbocycles. The van der Waals surface area contributed by atoms with Crippen molar-refractivity contribution in [2.75, 3.05) is 5.32 Å². The summed E-state index contributed by atoms with van der Waals surface area (Å²) in [6, 6.07) is 15.7. The Labute approximate surface area is 150 Å². The lowest BCUT2D eigenvalue weighted by Gasteiger charge is -2.16. The zero-order chi connectivity index (χ0) is 17.6. The maximum atomic E-state index is 12.3. The van der Waals surface area contributed by atoms with E-state index in [9.17, 15) is 8.42 Å². The number of aryl methyl sites for hydroxylation is 1. The first-order valence-corrected chi connectivity index (χ1v) is 9.33. The SMILES string of the molecule is Cc1ccc(-c2ccc(C3=NS(=O)(=O)c4ccccc4N3)o2)cc1Cl. The molecule has 2 heterocycles. The summed E-state index contributed by atoms with van der Waals surface area (Å²) < 4.78 is 34.3. The average molecular weight is 373 g/mol. The number of anilines is 1. The first-order chi connectivity index (χ1) is 11.9. The van der Waals surface area contributed by atoms with Gasteiger partial charge in [0.2, 0.25) is 0 Å². The van der Waals surface area contributed by atoms with E-state index in [1.807, 2.05) is 25.1 Å². The highest BCUT2D eigenvalue weighted by Crippen LogP contribution is 2.31. The molecule has 0 amide bonds. The van der Waals surface area contributed by atoms with Crippen LogP contribution >= 0.6 is 11.6 Å². The van der Waals surface area contributed by atoms with Gasteiger partial charge >= 0.3 is 0 Å². The van der Waals surface area contributed by atoms with Crippen molar-refractivity contribution in [1.29, 1.82) is 0 Å². The topological polar surface area (TPSA) is 71.7 Å². The van der Waals surface area contributed by atoms with Gasteiger partial charge in [0.15, 0.2) is 11.6 Å². The van der Waals surface area contributed by atoms with Gasteiger partial charge < -0.3 is 9.73 Å². The molecule has 25 heavy (non-hydrogen) atoms. The number of rotatable bonds is 2. The molecule has 1 aromatic heterocycles. The van der Waals surface area contributed by atoms with Crippen LogP contribution in [0, 0.1) is 6.92 Å². The molecule has 0 saturated carbocycles. The van der Waals surface area contributed by atoms with E-state index < -0.39 is 10.0 Å². The minimum absolute atomic E-state index is 0.149. The van der Waals surface area contributed by atoms with Crippen molar-refractivity contribution in [3.05, 3.63) is 70.9 Å². The van der Waals surface area contributed by atoms with E-state index in [0.29, 0.717) is 22.2 Å². The molecule has 0 aliphatic carbocycles. The van der Waals surface area contributed by atoms with Gasteiger partial charge in [-0.15, -0.1) is 4.40 Å².